The molecule has 0 saturated carbocycles. The summed E-state index contributed by atoms with van der Waals surface area (Å²) in [6.07, 6.45) is 0.693. The molecule has 0 unspecified atom stereocenters. The molecule has 0 amide bonds. The summed E-state index contributed by atoms with van der Waals surface area (Å²) in [5, 5.41) is 0. The topological polar surface area (TPSA) is 21.7 Å². The molecular formula is C10H20BF3KNO2. The number of rotatable bonds is 10. The molecule has 0 radical (unpaired) electrons. The molecule has 0 saturated heterocycles. The SMILES string of the molecule is C=C(CN(CCCOC)CCOC)[B-](F)(F)F.[K+]. The van der Waals surface area contributed by atoms with Crippen LogP contribution in [0.1, 0.15) is 6.42 Å². The Morgan fingerprint density at radius 1 is 1.11 bits per heavy atom. The molecule has 102 valence electrons. The van der Waals surface area contributed by atoms with Crippen LogP contribution in [-0.4, -0.2) is 58.9 Å². The van der Waals surface area contributed by atoms with Crippen LogP contribution >= 0.6 is 0 Å². The van der Waals surface area contributed by atoms with E-state index in [4.69, 9.17) is 9.47 Å². The molecule has 0 aromatic heterocycles. The van der Waals surface area contributed by atoms with Gasteiger partial charge in [-0.3, -0.25) is 0 Å². The molecule has 0 aliphatic heterocycles. The van der Waals surface area contributed by atoms with Gasteiger partial charge in [0.05, 0.1) is 6.61 Å². The van der Waals surface area contributed by atoms with Crippen LogP contribution in [-0.2, 0) is 9.47 Å². The minimum Gasteiger partial charge on any atom is -0.445 e. The van der Waals surface area contributed by atoms with E-state index in [-0.39, 0.29) is 57.9 Å². The second-order valence-corrected chi connectivity index (χ2v) is 3.85. The van der Waals surface area contributed by atoms with Crippen molar-refractivity contribution >= 4 is 6.98 Å². The standard InChI is InChI=1S/C10H20BF3NO2.K/c1-10(11(12,13)14)9-15(6-8-17-3)5-4-7-16-2;/h1,4-9H2,2-3H3;/q-1;+1. The molecule has 0 aromatic rings. The van der Waals surface area contributed by atoms with Crippen molar-refractivity contribution in [3.63, 3.8) is 0 Å². The molecule has 0 fully saturated rings. The van der Waals surface area contributed by atoms with Crippen LogP contribution < -0.4 is 51.4 Å². The van der Waals surface area contributed by atoms with Gasteiger partial charge in [0.15, 0.2) is 0 Å². The fourth-order valence-corrected chi connectivity index (χ4v) is 1.31. The van der Waals surface area contributed by atoms with Crippen molar-refractivity contribution in [2.75, 3.05) is 47.1 Å². The predicted molar refractivity (Wildman–Crippen MR) is 63.0 cm³/mol. The van der Waals surface area contributed by atoms with Gasteiger partial charge < -0.3 is 27.3 Å². The average Bonchev–Trinajstić information content (AvgIpc) is 2.24. The quantitative estimate of drug-likeness (QED) is 0.378. The minimum atomic E-state index is -4.95. The molecule has 0 aliphatic carbocycles. The van der Waals surface area contributed by atoms with Crippen molar-refractivity contribution in [1.82, 2.24) is 4.90 Å². The largest absolute Gasteiger partial charge is 1.00 e. The summed E-state index contributed by atoms with van der Waals surface area (Å²) in [5.74, 6) is 0. The smallest absolute Gasteiger partial charge is 0.445 e. The molecule has 0 spiro atoms. The van der Waals surface area contributed by atoms with E-state index < -0.39 is 12.4 Å². The van der Waals surface area contributed by atoms with Crippen LogP contribution in [0.2, 0.25) is 0 Å². The Hall–Kier alpha value is 1.11. The van der Waals surface area contributed by atoms with Gasteiger partial charge in [0, 0.05) is 33.9 Å². The third-order valence-electron chi connectivity index (χ3n) is 2.32. The van der Waals surface area contributed by atoms with E-state index in [1.54, 1.807) is 12.0 Å². The fraction of sp³-hybridized carbons (Fsp3) is 0.800. The van der Waals surface area contributed by atoms with E-state index in [9.17, 15) is 12.9 Å². The molecular weight excluding hydrogens is 273 g/mol. The first kappa shape index (κ1) is 21.4. The monoisotopic (exact) mass is 293 g/mol. The third-order valence-corrected chi connectivity index (χ3v) is 2.32. The van der Waals surface area contributed by atoms with Crippen molar-refractivity contribution in [3.05, 3.63) is 12.1 Å². The molecule has 18 heavy (non-hydrogen) atoms. The van der Waals surface area contributed by atoms with Crippen LogP contribution in [0.25, 0.3) is 0 Å². The van der Waals surface area contributed by atoms with Gasteiger partial charge in [0.2, 0.25) is 0 Å². The van der Waals surface area contributed by atoms with Gasteiger partial charge >= 0.3 is 58.4 Å². The van der Waals surface area contributed by atoms with Crippen LogP contribution in [0.15, 0.2) is 12.1 Å². The van der Waals surface area contributed by atoms with E-state index >= 15 is 0 Å². The van der Waals surface area contributed by atoms with E-state index in [1.807, 2.05) is 0 Å². The number of methoxy groups -OCH3 is 2. The summed E-state index contributed by atoms with van der Waals surface area (Å²) in [5.41, 5.74) is -0.668. The van der Waals surface area contributed by atoms with E-state index in [1.165, 1.54) is 7.11 Å². The Kier molecular flexibility index (Phi) is 14.2. The summed E-state index contributed by atoms with van der Waals surface area (Å²) in [7, 11) is 3.09. The van der Waals surface area contributed by atoms with Crippen LogP contribution in [0.4, 0.5) is 12.9 Å². The van der Waals surface area contributed by atoms with Gasteiger partial charge in [0.1, 0.15) is 0 Å². The maximum absolute atomic E-state index is 12.4. The van der Waals surface area contributed by atoms with Gasteiger partial charge in [-0.15, -0.1) is 12.1 Å². The first-order chi connectivity index (χ1) is 7.91. The summed E-state index contributed by atoms with van der Waals surface area (Å²) in [6, 6.07) is 0. The maximum Gasteiger partial charge on any atom is 1.00 e. The number of nitrogens with zero attached hydrogens (tertiary/aromatic N) is 1. The van der Waals surface area contributed by atoms with Crippen molar-refractivity contribution in [2.45, 2.75) is 6.42 Å². The summed E-state index contributed by atoms with van der Waals surface area (Å²) < 4.78 is 46.9. The Morgan fingerprint density at radius 3 is 2.11 bits per heavy atom. The van der Waals surface area contributed by atoms with Crippen molar-refractivity contribution in [2.24, 2.45) is 0 Å². The second kappa shape index (κ2) is 11.9. The fourth-order valence-electron chi connectivity index (χ4n) is 1.31. The van der Waals surface area contributed by atoms with Crippen molar-refractivity contribution in [3.8, 4) is 0 Å². The minimum absolute atomic E-state index is 0. The molecule has 0 heterocycles. The zero-order valence-corrected chi connectivity index (χ0v) is 14.5. The second-order valence-electron chi connectivity index (χ2n) is 3.85. The molecule has 3 nitrogen and oxygen atoms in total. The van der Waals surface area contributed by atoms with Crippen LogP contribution in [0.3, 0.4) is 0 Å². The van der Waals surface area contributed by atoms with E-state index in [2.05, 4.69) is 6.58 Å². The zero-order chi connectivity index (χ0) is 13.3. The average molecular weight is 293 g/mol. The maximum atomic E-state index is 12.4. The first-order valence-electron chi connectivity index (χ1n) is 5.49. The van der Waals surface area contributed by atoms with Gasteiger partial charge in [-0.05, 0) is 13.0 Å². The normalized spacial score (nSPS) is 11.4. The molecule has 0 N–H and O–H groups in total. The molecule has 0 aromatic carbocycles. The Morgan fingerprint density at radius 2 is 1.67 bits per heavy atom. The molecule has 0 bridgehead atoms. The van der Waals surface area contributed by atoms with Crippen LogP contribution in [0.5, 0.6) is 0 Å². The summed E-state index contributed by atoms with van der Waals surface area (Å²) >= 11 is 0. The Balaban J connectivity index is 0. The van der Waals surface area contributed by atoms with Gasteiger partial charge in [0.25, 0.3) is 0 Å². The molecule has 8 heteroatoms. The Labute approximate surface area is 150 Å². The molecule has 0 aliphatic rings. The van der Waals surface area contributed by atoms with Crippen molar-refractivity contribution < 1.29 is 73.8 Å². The third kappa shape index (κ3) is 11.0. The molecule has 0 atom stereocenters. The number of ether oxygens (including phenoxy) is 2. The first-order valence-corrected chi connectivity index (χ1v) is 5.49. The summed E-state index contributed by atoms with van der Waals surface area (Å²) in [6.45, 7) is -0.0676. The zero-order valence-electron chi connectivity index (χ0n) is 11.4. The number of hydrogen-bond acceptors (Lipinski definition) is 3. The predicted octanol–water partition coefficient (Wildman–Crippen LogP) is -1.08. The number of halogens is 3. The Bertz CT molecular complexity index is 230. The summed E-state index contributed by atoms with van der Waals surface area (Å²) in [4.78, 5) is 1.68. The number of hydrogen-bond donors (Lipinski definition) is 0. The van der Waals surface area contributed by atoms with Gasteiger partial charge in [-0.25, -0.2) is 0 Å². The van der Waals surface area contributed by atoms with Crippen LogP contribution in [0, 0.1) is 0 Å². The van der Waals surface area contributed by atoms with Crippen molar-refractivity contribution in [1.29, 1.82) is 0 Å². The van der Waals surface area contributed by atoms with E-state index in [0.29, 0.717) is 32.7 Å². The van der Waals surface area contributed by atoms with Gasteiger partial charge in [-0.1, -0.05) is 0 Å². The van der Waals surface area contributed by atoms with Gasteiger partial charge in [-0.2, -0.15) is 0 Å². The molecule has 0 rings (SSSR count). The van der Waals surface area contributed by atoms with E-state index in [0.717, 1.165) is 0 Å².